The molecule has 0 saturated heterocycles. The van der Waals surface area contributed by atoms with E-state index < -0.39 is 0 Å². The maximum Gasteiger partial charge on any atom is 0.277 e. The first-order valence-electron chi connectivity index (χ1n) is 6.21. The summed E-state index contributed by atoms with van der Waals surface area (Å²) in [6.45, 7) is 0.587. The van der Waals surface area contributed by atoms with Gasteiger partial charge in [-0.3, -0.25) is 4.98 Å². The topological polar surface area (TPSA) is 90.7 Å². The van der Waals surface area contributed by atoms with Gasteiger partial charge in [0.15, 0.2) is 5.82 Å². The fourth-order valence-corrected chi connectivity index (χ4v) is 2.55. The van der Waals surface area contributed by atoms with Crippen molar-refractivity contribution in [2.75, 3.05) is 6.54 Å². The lowest BCUT2D eigenvalue weighted by Gasteiger charge is -1.93. The zero-order valence-corrected chi connectivity index (χ0v) is 11.5. The van der Waals surface area contributed by atoms with E-state index in [2.05, 4.69) is 20.1 Å². The minimum absolute atomic E-state index is 0.452. The molecule has 20 heavy (non-hydrogen) atoms. The number of hydrogen-bond donors (Lipinski definition) is 1. The van der Waals surface area contributed by atoms with Crippen LogP contribution in [0.4, 0.5) is 0 Å². The largest absolute Gasteiger partial charge is 0.332 e. The number of hydrogen-bond acceptors (Lipinski definition) is 7. The second-order valence-corrected chi connectivity index (χ2v) is 5.16. The number of pyridine rings is 1. The van der Waals surface area contributed by atoms with Crippen LogP contribution in [0.25, 0.3) is 11.6 Å². The molecular weight excluding hydrogens is 274 g/mol. The van der Waals surface area contributed by atoms with Gasteiger partial charge >= 0.3 is 0 Å². The molecule has 3 rings (SSSR count). The average molecular weight is 287 g/mol. The summed E-state index contributed by atoms with van der Waals surface area (Å²) in [5, 5.41) is 6.87. The minimum atomic E-state index is 0.452. The highest BCUT2D eigenvalue weighted by molar-refractivity contribution is 7.09. The second-order valence-electron chi connectivity index (χ2n) is 4.21. The van der Waals surface area contributed by atoms with Gasteiger partial charge in [0.25, 0.3) is 5.89 Å². The molecule has 0 bridgehead atoms. The van der Waals surface area contributed by atoms with Crippen LogP contribution in [0.15, 0.2) is 34.4 Å². The molecule has 0 aliphatic carbocycles. The van der Waals surface area contributed by atoms with E-state index in [1.54, 1.807) is 23.7 Å². The summed E-state index contributed by atoms with van der Waals surface area (Å²) in [5.41, 5.74) is 7.32. The van der Waals surface area contributed by atoms with E-state index in [1.807, 2.05) is 17.5 Å². The van der Waals surface area contributed by atoms with E-state index in [4.69, 9.17) is 10.3 Å². The Bertz CT molecular complexity index is 679. The molecule has 0 spiro atoms. The van der Waals surface area contributed by atoms with Crippen LogP contribution in [0.5, 0.6) is 0 Å². The van der Waals surface area contributed by atoms with Gasteiger partial charge < -0.3 is 10.3 Å². The van der Waals surface area contributed by atoms with E-state index >= 15 is 0 Å². The normalized spacial score (nSPS) is 10.8. The Morgan fingerprint density at radius 1 is 1.20 bits per heavy atom. The minimum Gasteiger partial charge on any atom is -0.332 e. The molecule has 6 nitrogen and oxygen atoms in total. The molecule has 0 aliphatic rings. The Morgan fingerprint density at radius 2 is 2.05 bits per heavy atom. The van der Waals surface area contributed by atoms with Crippen LogP contribution in [0.1, 0.15) is 16.4 Å². The van der Waals surface area contributed by atoms with Crippen LogP contribution in [0.2, 0.25) is 0 Å². The lowest BCUT2D eigenvalue weighted by Crippen LogP contribution is -2.01. The van der Waals surface area contributed by atoms with Crippen molar-refractivity contribution in [2.24, 2.45) is 5.73 Å². The van der Waals surface area contributed by atoms with Crippen molar-refractivity contribution in [3.05, 3.63) is 46.3 Å². The van der Waals surface area contributed by atoms with Gasteiger partial charge in [-0.25, -0.2) is 4.98 Å². The van der Waals surface area contributed by atoms with Crippen molar-refractivity contribution in [1.82, 2.24) is 20.1 Å². The first-order valence-corrected chi connectivity index (χ1v) is 7.09. The van der Waals surface area contributed by atoms with Gasteiger partial charge in [-0.05, 0) is 24.2 Å². The molecule has 3 aromatic rings. The Labute approximate surface area is 119 Å². The van der Waals surface area contributed by atoms with Gasteiger partial charge in [0.2, 0.25) is 0 Å². The molecule has 0 amide bonds. The molecular formula is C13H13N5OS. The zero-order valence-electron chi connectivity index (χ0n) is 10.7. The predicted molar refractivity (Wildman–Crippen MR) is 75.2 cm³/mol. The zero-order chi connectivity index (χ0) is 13.8. The van der Waals surface area contributed by atoms with Gasteiger partial charge in [0.05, 0.1) is 5.01 Å². The summed E-state index contributed by atoms with van der Waals surface area (Å²) in [7, 11) is 0. The van der Waals surface area contributed by atoms with Gasteiger partial charge in [-0.15, -0.1) is 11.3 Å². The molecule has 2 N–H and O–H groups in total. The van der Waals surface area contributed by atoms with E-state index in [0.717, 1.165) is 17.0 Å². The first kappa shape index (κ1) is 12.9. The molecule has 0 atom stereocenters. The maximum atomic E-state index is 5.51. The fraction of sp³-hybridized carbons (Fsp3) is 0.231. The smallest absolute Gasteiger partial charge is 0.277 e. The molecule has 0 fully saturated rings. The quantitative estimate of drug-likeness (QED) is 0.767. The first-order chi connectivity index (χ1) is 9.85. The number of nitrogens with two attached hydrogens (primary N) is 1. The van der Waals surface area contributed by atoms with E-state index in [-0.39, 0.29) is 0 Å². The second kappa shape index (κ2) is 5.89. The van der Waals surface area contributed by atoms with Crippen molar-refractivity contribution >= 4 is 11.3 Å². The summed E-state index contributed by atoms with van der Waals surface area (Å²) in [5.74, 6) is 1.09. The van der Waals surface area contributed by atoms with Gasteiger partial charge in [0.1, 0.15) is 5.69 Å². The van der Waals surface area contributed by atoms with E-state index in [0.29, 0.717) is 30.4 Å². The van der Waals surface area contributed by atoms with Crippen molar-refractivity contribution < 1.29 is 4.52 Å². The van der Waals surface area contributed by atoms with Crippen LogP contribution >= 0.6 is 11.3 Å². The fourth-order valence-electron chi connectivity index (χ4n) is 1.76. The van der Waals surface area contributed by atoms with Crippen molar-refractivity contribution in [1.29, 1.82) is 0 Å². The van der Waals surface area contributed by atoms with Crippen molar-refractivity contribution in [3.8, 4) is 11.6 Å². The van der Waals surface area contributed by atoms with E-state index in [1.165, 1.54) is 0 Å². The molecule has 7 heteroatoms. The Kier molecular flexibility index (Phi) is 3.80. The molecule has 0 saturated carbocycles. The third-order valence-electron chi connectivity index (χ3n) is 2.71. The van der Waals surface area contributed by atoms with Crippen LogP contribution in [-0.2, 0) is 12.8 Å². The van der Waals surface area contributed by atoms with Crippen molar-refractivity contribution in [3.63, 3.8) is 0 Å². The summed E-state index contributed by atoms with van der Waals surface area (Å²) in [6, 6.07) is 3.86. The van der Waals surface area contributed by atoms with Crippen molar-refractivity contribution in [2.45, 2.75) is 12.8 Å². The predicted octanol–water partition coefficient (Wildman–Crippen LogP) is 1.68. The number of aromatic nitrogens is 4. The highest BCUT2D eigenvalue weighted by Gasteiger charge is 2.12. The summed E-state index contributed by atoms with van der Waals surface area (Å²) in [4.78, 5) is 12.8. The highest BCUT2D eigenvalue weighted by Crippen LogP contribution is 2.21. The van der Waals surface area contributed by atoms with Gasteiger partial charge in [-0.1, -0.05) is 5.16 Å². The highest BCUT2D eigenvalue weighted by atomic mass is 32.1. The molecule has 0 unspecified atom stereocenters. The number of thiazole rings is 1. The van der Waals surface area contributed by atoms with E-state index in [9.17, 15) is 0 Å². The summed E-state index contributed by atoms with van der Waals surface area (Å²) in [6.07, 6.45) is 4.88. The molecule has 3 aromatic heterocycles. The molecule has 0 aromatic carbocycles. The average Bonchev–Trinajstić information content (AvgIpc) is 3.10. The Hall–Kier alpha value is -2.12. The Morgan fingerprint density at radius 3 is 2.85 bits per heavy atom. The summed E-state index contributed by atoms with van der Waals surface area (Å²) >= 11 is 1.56. The molecule has 0 aliphatic heterocycles. The summed E-state index contributed by atoms with van der Waals surface area (Å²) < 4.78 is 5.25. The monoisotopic (exact) mass is 287 g/mol. The lowest BCUT2D eigenvalue weighted by molar-refractivity contribution is 0.423. The van der Waals surface area contributed by atoms with Gasteiger partial charge in [-0.2, -0.15) is 4.98 Å². The van der Waals surface area contributed by atoms with Gasteiger partial charge in [0, 0.05) is 30.6 Å². The molecule has 3 heterocycles. The SMILES string of the molecule is NCCc1nc(-c2nc(Cc3ccncc3)no2)cs1. The van der Waals surface area contributed by atoms with Crippen LogP contribution in [0, 0.1) is 0 Å². The van der Waals surface area contributed by atoms with Crippen LogP contribution in [-0.4, -0.2) is 26.7 Å². The number of nitrogens with zero attached hydrogens (tertiary/aromatic N) is 4. The van der Waals surface area contributed by atoms with Crippen LogP contribution in [0.3, 0.4) is 0 Å². The molecule has 0 radical (unpaired) electrons. The lowest BCUT2D eigenvalue weighted by atomic mass is 10.2. The Balaban J connectivity index is 1.76. The standard InChI is InChI=1S/C13H13N5OS/c14-4-1-12-16-10(8-20-12)13-17-11(18-19-13)7-9-2-5-15-6-3-9/h2-3,5-6,8H,1,4,7,14H2. The number of rotatable bonds is 5. The molecule has 102 valence electrons. The third kappa shape index (κ3) is 2.89. The maximum absolute atomic E-state index is 5.51. The van der Waals surface area contributed by atoms with Crippen LogP contribution < -0.4 is 5.73 Å². The third-order valence-corrected chi connectivity index (χ3v) is 3.62.